The van der Waals surface area contributed by atoms with Gasteiger partial charge in [-0.25, -0.2) is 4.98 Å². The van der Waals surface area contributed by atoms with Gasteiger partial charge in [0.2, 0.25) is 5.89 Å². The van der Waals surface area contributed by atoms with E-state index < -0.39 is 0 Å². The first kappa shape index (κ1) is 15.1. The first-order valence-corrected chi connectivity index (χ1v) is 8.97. The van der Waals surface area contributed by atoms with Crippen molar-refractivity contribution in [2.45, 2.75) is 32.2 Å². The van der Waals surface area contributed by atoms with Crippen LogP contribution < -0.4 is 5.32 Å². The highest BCUT2D eigenvalue weighted by Crippen LogP contribution is 2.43. The Hall–Kier alpha value is -2.40. The molecule has 2 aromatic heterocycles. The molecule has 4 nitrogen and oxygen atoms in total. The zero-order chi connectivity index (χ0) is 16.5. The third kappa shape index (κ3) is 2.99. The number of aromatic nitrogens is 1. The van der Waals surface area contributed by atoms with Crippen LogP contribution in [0.2, 0.25) is 0 Å². The lowest BCUT2D eigenvalue weighted by Crippen LogP contribution is -2.24. The van der Waals surface area contributed by atoms with E-state index in [0.717, 1.165) is 24.2 Å². The van der Waals surface area contributed by atoms with Crippen LogP contribution in [0.1, 0.15) is 45.4 Å². The second-order valence-corrected chi connectivity index (χ2v) is 7.08. The lowest BCUT2D eigenvalue weighted by Gasteiger charge is -2.03. The fourth-order valence-corrected chi connectivity index (χ4v) is 3.50. The van der Waals surface area contributed by atoms with Gasteiger partial charge in [0.05, 0.1) is 6.54 Å². The summed E-state index contributed by atoms with van der Waals surface area (Å²) in [5, 5.41) is 5.02. The first-order chi connectivity index (χ1) is 11.7. The van der Waals surface area contributed by atoms with E-state index in [1.807, 2.05) is 35.7 Å². The molecule has 4 rings (SSSR count). The van der Waals surface area contributed by atoms with E-state index in [1.54, 1.807) is 11.3 Å². The molecule has 2 heterocycles. The number of nitrogens with zero attached hydrogens (tertiary/aromatic N) is 1. The minimum atomic E-state index is -0.157. The van der Waals surface area contributed by atoms with Gasteiger partial charge in [-0.1, -0.05) is 18.2 Å². The fourth-order valence-electron chi connectivity index (χ4n) is 2.65. The van der Waals surface area contributed by atoms with Crippen molar-refractivity contribution in [1.82, 2.24) is 10.3 Å². The monoisotopic (exact) mass is 338 g/mol. The van der Waals surface area contributed by atoms with Gasteiger partial charge in [0.1, 0.15) is 5.76 Å². The number of hydrogen-bond acceptors (Lipinski definition) is 4. The Morgan fingerprint density at radius 1 is 1.29 bits per heavy atom. The average molecular weight is 338 g/mol. The molecule has 0 bridgehead atoms. The Kier molecular flexibility index (Phi) is 3.94. The molecule has 1 amide bonds. The number of benzene rings is 1. The van der Waals surface area contributed by atoms with Gasteiger partial charge >= 0.3 is 0 Å². The summed E-state index contributed by atoms with van der Waals surface area (Å²) in [6.07, 6.45) is 2.13. The molecule has 5 heteroatoms. The lowest BCUT2D eigenvalue weighted by atomic mass is 10.2. The van der Waals surface area contributed by atoms with Crippen molar-refractivity contribution in [2.75, 3.05) is 0 Å². The van der Waals surface area contributed by atoms with Gasteiger partial charge in [-0.3, -0.25) is 4.79 Å². The van der Waals surface area contributed by atoms with Crippen molar-refractivity contribution in [3.8, 4) is 11.5 Å². The largest absolute Gasteiger partial charge is 0.440 e. The molecule has 0 unspecified atom stereocenters. The highest BCUT2D eigenvalue weighted by Gasteiger charge is 2.34. The van der Waals surface area contributed by atoms with Gasteiger partial charge in [0.15, 0.2) is 5.69 Å². The molecule has 1 fully saturated rings. The predicted molar refractivity (Wildman–Crippen MR) is 94.1 cm³/mol. The minimum absolute atomic E-state index is 0.157. The van der Waals surface area contributed by atoms with Crippen molar-refractivity contribution in [3.63, 3.8) is 0 Å². The summed E-state index contributed by atoms with van der Waals surface area (Å²) in [7, 11) is 0. The quantitative estimate of drug-likeness (QED) is 0.744. The van der Waals surface area contributed by atoms with Crippen molar-refractivity contribution in [2.24, 2.45) is 0 Å². The highest BCUT2D eigenvalue weighted by molar-refractivity contribution is 7.10. The molecule has 0 saturated heterocycles. The van der Waals surface area contributed by atoms with Crippen molar-refractivity contribution < 1.29 is 9.21 Å². The van der Waals surface area contributed by atoms with E-state index in [-0.39, 0.29) is 5.91 Å². The van der Waals surface area contributed by atoms with Crippen LogP contribution in [0.15, 0.2) is 46.2 Å². The summed E-state index contributed by atoms with van der Waals surface area (Å²) in [6, 6.07) is 11.8. The fraction of sp³-hybridized carbons (Fsp3) is 0.263. The summed E-state index contributed by atoms with van der Waals surface area (Å²) < 4.78 is 5.94. The number of carbonyl (C=O) groups is 1. The third-order valence-corrected chi connectivity index (χ3v) is 5.24. The van der Waals surface area contributed by atoms with Gasteiger partial charge in [-0.2, -0.15) is 0 Å². The van der Waals surface area contributed by atoms with Crippen LogP contribution in [0.25, 0.3) is 11.5 Å². The normalized spacial score (nSPS) is 13.9. The van der Waals surface area contributed by atoms with Crippen molar-refractivity contribution >= 4 is 17.2 Å². The molecule has 0 aliphatic heterocycles. The maximum atomic E-state index is 12.6. The zero-order valence-electron chi connectivity index (χ0n) is 13.4. The van der Waals surface area contributed by atoms with E-state index in [4.69, 9.17) is 4.42 Å². The van der Waals surface area contributed by atoms with Crippen molar-refractivity contribution in [1.29, 1.82) is 0 Å². The Balaban J connectivity index is 1.58. The van der Waals surface area contributed by atoms with Crippen LogP contribution in [0.5, 0.6) is 0 Å². The molecule has 1 aliphatic carbocycles. The number of oxazole rings is 1. The van der Waals surface area contributed by atoms with E-state index in [0.29, 0.717) is 24.0 Å². The number of nitrogens with one attached hydrogen (secondary N) is 1. The Morgan fingerprint density at radius 2 is 2.08 bits per heavy atom. The SMILES string of the molecule is Cc1ccsc1CNC(=O)c1nc(-c2ccccc2)oc1C1CC1. The molecule has 1 N–H and O–H groups in total. The molecular weight excluding hydrogens is 320 g/mol. The molecule has 122 valence electrons. The second-order valence-electron chi connectivity index (χ2n) is 6.08. The van der Waals surface area contributed by atoms with Crippen LogP contribution in [-0.2, 0) is 6.54 Å². The molecule has 1 aromatic carbocycles. The predicted octanol–water partition coefficient (Wildman–Crippen LogP) is 4.52. The molecule has 0 spiro atoms. The summed E-state index contributed by atoms with van der Waals surface area (Å²) in [4.78, 5) is 18.3. The Labute approximate surface area is 144 Å². The number of amides is 1. The van der Waals surface area contributed by atoms with Crippen LogP contribution in [0.3, 0.4) is 0 Å². The molecule has 3 aromatic rings. The molecule has 0 atom stereocenters. The number of carbonyl (C=O) groups excluding carboxylic acids is 1. The van der Waals surface area contributed by atoms with Crippen LogP contribution in [-0.4, -0.2) is 10.9 Å². The number of rotatable bonds is 5. The van der Waals surface area contributed by atoms with Gasteiger partial charge in [0.25, 0.3) is 5.91 Å². The molecule has 0 radical (unpaired) electrons. The zero-order valence-corrected chi connectivity index (χ0v) is 14.2. The average Bonchev–Trinajstić information content (AvgIpc) is 3.22. The van der Waals surface area contributed by atoms with Gasteiger partial charge in [-0.15, -0.1) is 11.3 Å². The topological polar surface area (TPSA) is 55.1 Å². The number of hydrogen-bond donors (Lipinski definition) is 1. The van der Waals surface area contributed by atoms with Gasteiger partial charge < -0.3 is 9.73 Å². The smallest absolute Gasteiger partial charge is 0.273 e. The van der Waals surface area contributed by atoms with E-state index in [9.17, 15) is 4.79 Å². The van der Waals surface area contributed by atoms with Crippen LogP contribution in [0, 0.1) is 6.92 Å². The summed E-state index contributed by atoms with van der Waals surface area (Å²) in [5.74, 6) is 1.43. The molecule has 1 aliphatic rings. The minimum Gasteiger partial charge on any atom is -0.440 e. The second kappa shape index (κ2) is 6.24. The molecular formula is C19H18N2O2S. The Bertz CT molecular complexity index is 863. The summed E-state index contributed by atoms with van der Waals surface area (Å²) in [6.45, 7) is 2.58. The summed E-state index contributed by atoms with van der Waals surface area (Å²) in [5.41, 5.74) is 2.53. The summed E-state index contributed by atoms with van der Waals surface area (Å²) >= 11 is 1.65. The van der Waals surface area contributed by atoms with Crippen LogP contribution in [0.4, 0.5) is 0 Å². The standard InChI is InChI=1S/C19H18N2O2S/c1-12-9-10-24-15(12)11-20-18(22)16-17(13-7-8-13)23-19(21-16)14-5-3-2-4-6-14/h2-6,9-10,13H,7-8,11H2,1H3,(H,20,22). The molecule has 1 saturated carbocycles. The third-order valence-electron chi connectivity index (χ3n) is 4.22. The van der Waals surface area contributed by atoms with E-state index in [2.05, 4.69) is 23.3 Å². The van der Waals surface area contributed by atoms with E-state index >= 15 is 0 Å². The van der Waals surface area contributed by atoms with Gasteiger partial charge in [-0.05, 0) is 48.9 Å². The van der Waals surface area contributed by atoms with Gasteiger partial charge in [0, 0.05) is 16.4 Å². The van der Waals surface area contributed by atoms with Crippen molar-refractivity contribution in [3.05, 3.63) is 63.7 Å². The maximum Gasteiger partial charge on any atom is 0.273 e. The Morgan fingerprint density at radius 3 is 2.75 bits per heavy atom. The number of thiophene rings is 1. The van der Waals surface area contributed by atoms with E-state index in [1.165, 1.54) is 10.4 Å². The lowest BCUT2D eigenvalue weighted by molar-refractivity contribution is 0.0945. The molecule has 24 heavy (non-hydrogen) atoms. The highest BCUT2D eigenvalue weighted by atomic mass is 32.1. The first-order valence-electron chi connectivity index (χ1n) is 8.09. The maximum absolute atomic E-state index is 12.6. The number of aryl methyl sites for hydroxylation is 1. The van der Waals surface area contributed by atoms with Crippen LogP contribution >= 0.6 is 11.3 Å².